The van der Waals surface area contributed by atoms with Gasteiger partial charge in [-0.15, -0.1) is 0 Å². The topological polar surface area (TPSA) is 25.2 Å². The van der Waals surface area contributed by atoms with Crippen LogP contribution in [0.1, 0.15) is 25.6 Å². The van der Waals surface area contributed by atoms with Crippen LogP contribution in [0.5, 0.6) is 5.75 Å². The molecule has 0 atom stereocenters. The van der Waals surface area contributed by atoms with E-state index in [2.05, 4.69) is 30.7 Å². The molecule has 0 radical (unpaired) electrons. The van der Waals surface area contributed by atoms with Gasteiger partial charge in [-0.1, -0.05) is 0 Å². The molecule has 3 heteroatoms. The maximum absolute atomic E-state index is 9.48. The average molecular weight is 235 g/mol. The van der Waals surface area contributed by atoms with Crippen molar-refractivity contribution in [2.75, 3.05) is 6.26 Å². The highest BCUT2D eigenvalue weighted by Gasteiger charge is 2.11. The number of rotatable bonds is 3. The van der Waals surface area contributed by atoms with Gasteiger partial charge in [-0.2, -0.15) is 11.8 Å². The van der Waals surface area contributed by atoms with E-state index in [1.54, 1.807) is 6.07 Å². The van der Waals surface area contributed by atoms with Gasteiger partial charge in [0, 0.05) is 28.4 Å². The zero-order valence-corrected chi connectivity index (χ0v) is 10.7. The minimum Gasteiger partial charge on any atom is -0.508 e. The van der Waals surface area contributed by atoms with Crippen LogP contribution in [0.15, 0.2) is 24.3 Å². The number of hydrogen-bond acceptors (Lipinski definition) is 2. The van der Waals surface area contributed by atoms with Gasteiger partial charge in [0.15, 0.2) is 0 Å². The van der Waals surface area contributed by atoms with E-state index in [1.165, 1.54) is 11.2 Å². The lowest BCUT2D eigenvalue weighted by molar-refractivity contribution is 0.476. The van der Waals surface area contributed by atoms with Crippen LogP contribution in [0.4, 0.5) is 0 Å². The number of aromatic nitrogens is 1. The number of hydrogen-bond donors (Lipinski definition) is 1. The summed E-state index contributed by atoms with van der Waals surface area (Å²) in [7, 11) is 0. The van der Waals surface area contributed by atoms with Crippen molar-refractivity contribution >= 4 is 22.7 Å². The molecular formula is C13H17NOS. The van der Waals surface area contributed by atoms with Crippen LogP contribution in [-0.4, -0.2) is 15.9 Å². The molecule has 0 unspecified atom stereocenters. The molecule has 1 heterocycles. The van der Waals surface area contributed by atoms with E-state index in [1.807, 2.05) is 23.9 Å². The van der Waals surface area contributed by atoms with Gasteiger partial charge in [0.25, 0.3) is 0 Å². The minimum absolute atomic E-state index is 0.337. The first-order valence-electron chi connectivity index (χ1n) is 5.45. The molecule has 0 amide bonds. The number of fused-ring (bicyclic) bond motifs is 1. The number of thioether (sulfide) groups is 1. The fourth-order valence-electron chi connectivity index (χ4n) is 2.15. The second-order valence-electron chi connectivity index (χ2n) is 4.28. The van der Waals surface area contributed by atoms with Crippen molar-refractivity contribution in [1.82, 2.24) is 4.57 Å². The Morgan fingerprint density at radius 3 is 2.69 bits per heavy atom. The van der Waals surface area contributed by atoms with E-state index in [4.69, 9.17) is 0 Å². The predicted octanol–water partition coefficient (Wildman–Crippen LogP) is 3.79. The van der Waals surface area contributed by atoms with Crippen LogP contribution in [0.3, 0.4) is 0 Å². The van der Waals surface area contributed by atoms with E-state index < -0.39 is 0 Å². The predicted molar refractivity (Wildman–Crippen MR) is 71.2 cm³/mol. The standard InChI is InChI=1S/C13H17NOS/c1-9(2)14-11(8-16-3)6-10-7-12(15)4-5-13(10)14/h4-7,9,15H,8H2,1-3H3. The van der Waals surface area contributed by atoms with Crippen molar-refractivity contribution in [3.05, 3.63) is 30.0 Å². The molecule has 0 bridgehead atoms. The van der Waals surface area contributed by atoms with Crippen LogP contribution in [0.25, 0.3) is 10.9 Å². The Morgan fingerprint density at radius 2 is 2.06 bits per heavy atom. The maximum atomic E-state index is 9.48. The molecule has 2 rings (SSSR count). The zero-order chi connectivity index (χ0) is 11.7. The monoisotopic (exact) mass is 235 g/mol. The summed E-state index contributed by atoms with van der Waals surface area (Å²) in [5.41, 5.74) is 2.53. The minimum atomic E-state index is 0.337. The Kier molecular flexibility index (Phi) is 3.15. The Labute approximate surface area is 100 Å². The van der Waals surface area contributed by atoms with Crippen molar-refractivity contribution in [2.45, 2.75) is 25.6 Å². The lowest BCUT2D eigenvalue weighted by Crippen LogP contribution is -2.04. The molecule has 16 heavy (non-hydrogen) atoms. The van der Waals surface area contributed by atoms with Crippen LogP contribution < -0.4 is 0 Å². The number of phenols is 1. The van der Waals surface area contributed by atoms with E-state index in [0.29, 0.717) is 11.8 Å². The lowest BCUT2D eigenvalue weighted by Gasteiger charge is -2.14. The second kappa shape index (κ2) is 4.42. The van der Waals surface area contributed by atoms with Gasteiger partial charge in [-0.3, -0.25) is 0 Å². The van der Waals surface area contributed by atoms with Crippen molar-refractivity contribution in [3.8, 4) is 5.75 Å². The smallest absolute Gasteiger partial charge is 0.116 e. The largest absolute Gasteiger partial charge is 0.508 e. The van der Waals surface area contributed by atoms with E-state index in [9.17, 15) is 5.11 Å². The van der Waals surface area contributed by atoms with Gasteiger partial charge in [0.2, 0.25) is 0 Å². The first-order chi connectivity index (χ1) is 7.63. The van der Waals surface area contributed by atoms with E-state index in [0.717, 1.165) is 11.1 Å². The average Bonchev–Trinajstić information content (AvgIpc) is 2.55. The third-order valence-electron chi connectivity index (χ3n) is 2.71. The summed E-state index contributed by atoms with van der Waals surface area (Å²) in [6, 6.07) is 8.20. The molecule has 1 aromatic heterocycles. The molecule has 0 aliphatic rings. The number of benzene rings is 1. The van der Waals surface area contributed by atoms with Gasteiger partial charge in [0.05, 0.1) is 0 Å². The third-order valence-corrected chi connectivity index (χ3v) is 3.30. The van der Waals surface area contributed by atoms with Gasteiger partial charge in [0.1, 0.15) is 5.75 Å². The van der Waals surface area contributed by atoms with Gasteiger partial charge in [-0.25, -0.2) is 0 Å². The van der Waals surface area contributed by atoms with Crippen LogP contribution in [-0.2, 0) is 5.75 Å². The van der Waals surface area contributed by atoms with Gasteiger partial charge >= 0.3 is 0 Å². The SMILES string of the molecule is CSCc1cc2cc(O)ccc2n1C(C)C. The molecule has 86 valence electrons. The molecule has 2 nitrogen and oxygen atoms in total. The molecule has 1 aromatic carbocycles. The van der Waals surface area contributed by atoms with Crippen molar-refractivity contribution in [1.29, 1.82) is 0 Å². The fourth-order valence-corrected chi connectivity index (χ4v) is 2.67. The highest BCUT2D eigenvalue weighted by atomic mass is 32.2. The summed E-state index contributed by atoms with van der Waals surface area (Å²) in [4.78, 5) is 0. The molecule has 0 fully saturated rings. The van der Waals surface area contributed by atoms with Crippen LogP contribution in [0, 0.1) is 0 Å². The molecule has 0 saturated heterocycles. The molecule has 2 aromatic rings. The Hall–Kier alpha value is -1.09. The first-order valence-corrected chi connectivity index (χ1v) is 6.84. The van der Waals surface area contributed by atoms with Gasteiger partial charge < -0.3 is 9.67 Å². The molecule has 0 saturated carbocycles. The molecule has 1 N–H and O–H groups in total. The normalized spacial score (nSPS) is 11.5. The Bertz CT molecular complexity index is 502. The van der Waals surface area contributed by atoms with E-state index in [-0.39, 0.29) is 0 Å². The Morgan fingerprint density at radius 1 is 1.31 bits per heavy atom. The number of nitrogens with zero attached hydrogens (tertiary/aromatic N) is 1. The molecule has 0 spiro atoms. The fraction of sp³-hybridized carbons (Fsp3) is 0.385. The first kappa shape index (κ1) is 11.4. The van der Waals surface area contributed by atoms with Crippen molar-refractivity contribution < 1.29 is 5.11 Å². The number of aromatic hydroxyl groups is 1. The summed E-state index contributed by atoms with van der Waals surface area (Å²) in [6.45, 7) is 4.38. The number of phenolic OH excluding ortho intramolecular Hbond substituents is 1. The molecule has 0 aliphatic heterocycles. The highest BCUT2D eigenvalue weighted by molar-refractivity contribution is 7.97. The van der Waals surface area contributed by atoms with Crippen molar-refractivity contribution in [3.63, 3.8) is 0 Å². The van der Waals surface area contributed by atoms with Crippen LogP contribution in [0.2, 0.25) is 0 Å². The third kappa shape index (κ3) is 1.92. The maximum Gasteiger partial charge on any atom is 0.116 e. The molecular weight excluding hydrogens is 218 g/mol. The zero-order valence-electron chi connectivity index (χ0n) is 9.90. The summed E-state index contributed by atoms with van der Waals surface area (Å²) in [6.07, 6.45) is 2.11. The van der Waals surface area contributed by atoms with E-state index >= 15 is 0 Å². The summed E-state index contributed by atoms with van der Waals surface area (Å²) >= 11 is 1.82. The van der Waals surface area contributed by atoms with Gasteiger partial charge in [-0.05, 0) is 44.4 Å². The highest BCUT2D eigenvalue weighted by Crippen LogP contribution is 2.28. The molecule has 0 aliphatic carbocycles. The lowest BCUT2D eigenvalue weighted by atomic mass is 10.2. The summed E-state index contributed by atoms with van der Waals surface area (Å²) in [5, 5.41) is 10.6. The van der Waals surface area contributed by atoms with Crippen LogP contribution >= 0.6 is 11.8 Å². The summed E-state index contributed by atoms with van der Waals surface area (Å²) < 4.78 is 2.34. The second-order valence-corrected chi connectivity index (χ2v) is 5.14. The summed E-state index contributed by atoms with van der Waals surface area (Å²) in [5.74, 6) is 1.34. The quantitative estimate of drug-likeness (QED) is 0.875. The van der Waals surface area contributed by atoms with Crippen molar-refractivity contribution in [2.24, 2.45) is 0 Å². The Balaban J connectivity index is 2.65.